The molecule has 31 heavy (non-hydrogen) atoms. The van der Waals surface area contributed by atoms with Gasteiger partial charge < -0.3 is 9.15 Å². The first-order chi connectivity index (χ1) is 15.1. The van der Waals surface area contributed by atoms with E-state index in [1.54, 1.807) is 22.1 Å². The van der Waals surface area contributed by atoms with Crippen molar-refractivity contribution in [3.05, 3.63) is 68.0 Å². The molecule has 0 bridgehead atoms. The number of para-hydroxylation sites is 1. The average Bonchev–Trinajstić information content (AvgIpc) is 3.26. The summed E-state index contributed by atoms with van der Waals surface area (Å²) in [4.78, 5) is 30.3. The van der Waals surface area contributed by atoms with E-state index in [4.69, 9.17) is 9.15 Å². The summed E-state index contributed by atoms with van der Waals surface area (Å²) in [7, 11) is 0. The lowest BCUT2D eigenvalue weighted by Crippen LogP contribution is -2.37. The third kappa shape index (κ3) is 5.22. The topological polar surface area (TPSA) is 104 Å². The Morgan fingerprint density at radius 2 is 1.97 bits per heavy atom. The predicted octanol–water partition coefficient (Wildman–Crippen LogP) is 3.38. The molecule has 4 rings (SSSR count). The van der Waals surface area contributed by atoms with Gasteiger partial charge in [0.25, 0.3) is 5.56 Å². The molecule has 0 aliphatic carbocycles. The van der Waals surface area contributed by atoms with Gasteiger partial charge >= 0.3 is 5.88 Å². The molecule has 0 spiro atoms. The fraction of sp³-hybridized carbons (Fsp3) is 0.333. The smallest absolute Gasteiger partial charge is 0.401 e. The molecular weight excluding hydrogens is 420 g/mol. The van der Waals surface area contributed by atoms with Crippen LogP contribution in [-0.4, -0.2) is 52.2 Å². The van der Waals surface area contributed by atoms with Crippen molar-refractivity contribution in [2.75, 3.05) is 32.8 Å². The van der Waals surface area contributed by atoms with Gasteiger partial charge in [0.05, 0.1) is 30.2 Å². The first kappa shape index (κ1) is 21.3. The van der Waals surface area contributed by atoms with E-state index in [1.807, 2.05) is 18.2 Å². The lowest BCUT2D eigenvalue weighted by Gasteiger charge is -2.26. The summed E-state index contributed by atoms with van der Waals surface area (Å²) in [5, 5.41) is 13.6. The highest BCUT2D eigenvalue weighted by atomic mass is 32.2. The van der Waals surface area contributed by atoms with Gasteiger partial charge in [0, 0.05) is 26.2 Å². The van der Waals surface area contributed by atoms with E-state index >= 15 is 0 Å². The van der Waals surface area contributed by atoms with Crippen LogP contribution in [0.15, 0.2) is 56.2 Å². The maximum atomic E-state index is 13.1. The highest BCUT2D eigenvalue weighted by Crippen LogP contribution is 2.22. The number of aromatic nitrogens is 2. The number of hydrogen-bond acceptors (Lipinski definition) is 8. The van der Waals surface area contributed by atoms with Crippen molar-refractivity contribution in [2.45, 2.75) is 18.1 Å². The van der Waals surface area contributed by atoms with Crippen molar-refractivity contribution in [3.8, 4) is 0 Å². The second-order valence-corrected chi connectivity index (χ2v) is 7.90. The number of nitrogens with zero attached hydrogens (tertiary/aromatic N) is 4. The monoisotopic (exact) mass is 442 g/mol. The van der Waals surface area contributed by atoms with Crippen LogP contribution in [0, 0.1) is 10.1 Å². The number of rotatable bonds is 8. The molecule has 1 aliphatic rings. The Kier molecular flexibility index (Phi) is 6.80. The molecule has 0 atom stereocenters. The Bertz CT molecular complexity index is 1150. The molecule has 3 aromatic rings. The van der Waals surface area contributed by atoms with Crippen molar-refractivity contribution >= 4 is 34.6 Å². The minimum Gasteiger partial charge on any atom is -0.401 e. The Morgan fingerprint density at radius 1 is 1.16 bits per heavy atom. The standard InChI is InChI=1S/C21H22N4O5S/c26-20-17-4-1-2-5-18(17)22-21(24(20)10-3-9-23-11-13-29-14-12-23)31-15-8-16-6-7-19(30-16)25(27)28/h1-2,4-8,15H,3,9-14H2/b15-8+. The van der Waals surface area contributed by atoms with Crippen molar-refractivity contribution in [3.63, 3.8) is 0 Å². The molecule has 0 saturated carbocycles. The fourth-order valence-electron chi connectivity index (χ4n) is 3.40. The van der Waals surface area contributed by atoms with Crippen LogP contribution in [-0.2, 0) is 11.3 Å². The summed E-state index contributed by atoms with van der Waals surface area (Å²) in [5.41, 5.74) is 0.568. The first-order valence-corrected chi connectivity index (χ1v) is 10.9. The quantitative estimate of drug-likeness (QED) is 0.226. The van der Waals surface area contributed by atoms with Crippen LogP contribution >= 0.6 is 11.8 Å². The highest BCUT2D eigenvalue weighted by Gasteiger charge is 2.14. The van der Waals surface area contributed by atoms with Crippen LogP contribution in [0.5, 0.6) is 0 Å². The first-order valence-electron chi connectivity index (χ1n) is 9.99. The molecule has 0 radical (unpaired) electrons. The number of furan rings is 1. The molecule has 1 saturated heterocycles. The minimum atomic E-state index is -0.582. The van der Waals surface area contributed by atoms with E-state index in [1.165, 1.54) is 23.9 Å². The van der Waals surface area contributed by atoms with Gasteiger partial charge in [-0.15, -0.1) is 0 Å². The van der Waals surface area contributed by atoms with E-state index < -0.39 is 4.92 Å². The summed E-state index contributed by atoms with van der Waals surface area (Å²) in [6, 6.07) is 10.1. The summed E-state index contributed by atoms with van der Waals surface area (Å²) in [6.07, 6.45) is 2.44. The highest BCUT2D eigenvalue weighted by molar-refractivity contribution is 8.02. The second kappa shape index (κ2) is 9.90. The maximum Gasteiger partial charge on any atom is 0.433 e. The van der Waals surface area contributed by atoms with Gasteiger partial charge in [-0.1, -0.05) is 23.9 Å². The number of thioether (sulfide) groups is 1. The van der Waals surface area contributed by atoms with Crippen LogP contribution in [0.1, 0.15) is 12.2 Å². The zero-order chi connectivity index (χ0) is 21.6. The van der Waals surface area contributed by atoms with Gasteiger partial charge in [-0.2, -0.15) is 0 Å². The van der Waals surface area contributed by atoms with E-state index in [0.717, 1.165) is 39.3 Å². The third-order valence-electron chi connectivity index (χ3n) is 4.98. The fourth-order valence-corrected chi connectivity index (χ4v) is 4.18. The minimum absolute atomic E-state index is 0.0721. The zero-order valence-corrected chi connectivity index (χ0v) is 17.6. The molecule has 2 aromatic heterocycles. The second-order valence-electron chi connectivity index (χ2n) is 7.03. The molecule has 1 aromatic carbocycles. The molecule has 0 N–H and O–H groups in total. The van der Waals surface area contributed by atoms with Crippen molar-refractivity contribution in [1.29, 1.82) is 0 Å². The van der Waals surface area contributed by atoms with E-state index in [9.17, 15) is 14.9 Å². The van der Waals surface area contributed by atoms with Crippen molar-refractivity contribution < 1.29 is 14.1 Å². The SMILES string of the molecule is O=c1c2ccccc2nc(S/C=C/c2ccc([N+](=O)[O-])o2)n1CCCN1CCOCC1. The number of nitro groups is 1. The van der Waals surface area contributed by atoms with Crippen LogP contribution in [0.3, 0.4) is 0 Å². The number of hydrogen-bond donors (Lipinski definition) is 0. The largest absolute Gasteiger partial charge is 0.433 e. The average molecular weight is 442 g/mol. The maximum absolute atomic E-state index is 13.1. The van der Waals surface area contributed by atoms with Gasteiger partial charge in [-0.25, -0.2) is 4.98 Å². The molecule has 162 valence electrons. The molecule has 3 heterocycles. The van der Waals surface area contributed by atoms with Crippen LogP contribution in [0.2, 0.25) is 0 Å². The Balaban J connectivity index is 1.53. The van der Waals surface area contributed by atoms with E-state index in [0.29, 0.717) is 28.4 Å². The number of fused-ring (bicyclic) bond motifs is 1. The predicted molar refractivity (Wildman–Crippen MR) is 118 cm³/mol. The van der Waals surface area contributed by atoms with Crippen LogP contribution < -0.4 is 5.56 Å². The molecule has 9 nitrogen and oxygen atoms in total. The number of ether oxygens (including phenoxy) is 1. The number of benzene rings is 1. The lowest BCUT2D eigenvalue weighted by atomic mass is 10.2. The van der Waals surface area contributed by atoms with Crippen molar-refractivity contribution in [2.24, 2.45) is 0 Å². The lowest BCUT2D eigenvalue weighted by molar-refractivity contribution is -0.402. The third-order valence-corrected chi connectivity index (χ3v) is 5.78. The van der Waals surface area contributed by atoms with Crippen LogP contribution in [0.25, 0.3) is 17.0 Å². The summed E-state index contributed by atoms with van der Waals surface area (Å²) in [6.45, 7) is 4.74. The Morgan fingerprint density at radius 3 is 2.74 bits per heavy atom. The van der Waals surface area contributed by atoms with Gasteiger partial charge in [0.15, 0.2) is 5.16 Å². The van der Waals surface area contributed by atoms with Gasteiger partial charge in [0.2, 0.25) is 0 Å². The molecule has 0 amide bonds. The molecule has 10 heteroatoms. The Hall–Kier alpha value is -2.95. The molecular formula is C21H22N4O5S. The summed E-state index contributed by atoms with van der Waals surface area (Å²) in [5.74, 6) is 0.0507. The number of morpholine rings is 1. The van der Waals surface area contributed by atoms with Crippen molar-refractivity contribution in [1.82, 2.24) is 14.5 Å². The summed E-state index contributed by atoms with van der Waals surface area (Å²) >= 11 is 1.28. The molecule has 1 fully saturated rings. The van der Waals surface area contributed by atoms with E-state index in [-0.39, 0.29) is 11.4 Å². The summed E-state index contributed by atoms with van der Waals surface area (Å²) < 4.78 is 12.2. The van der Waals surface area contributed by atoms with E-state index in [2.05, 4.69) is 9.88 Å². The van der Waals surface area contributed by atoms with Crippen LogP contribution in [0.4, 0.5) is 5.88 Å². The van der Waals surface area contributed by atoms with Gasteiger partial charge in [0.1, 0.15) is 10.7 Å². The van der Waals surface area contributed by atoms with Gasteiger partial charge in [-0.05, 0) is 36.1 Å². The normalized spacial score (nSPS) is 15.1. The Labute approximate surface area is 182 Å². The van der Waals surface area contributed by atoms with Gasteiger partial charge in [-0.3, -0.25) is 24.4 Å². The molecule has 0 unspecified atom stereocenters. The molecule has 1 aliphatic heterocycles. The zero-order valence-electron chi connectivity index (χ0n) is 16.8.